The number of benzene rings is 1. The van der Waals surface area contributed by atoms with Crippen LogP contribution in [0.4, 0.5) is 0 Å². The van der Waals surface area contributed by atoms with Gasteiger partial charge < -0.3 is 5.73 Å². The van der Waals surface area contributed by atoms with Crippen LogP contribution in [0.5, 0.6) is 0 Å². The predicted molar refractivity (Wildman–Crippen MR) is 65.4 cm³/mol. The molecule has 0 aliphatic heterocycles. The highest BCUT2D eigenvalue weighted by Gasteiger charge is 2.27. The van der Waals surface area contributed by atoms with Gasteiger partial charge >= 0.3 is 0 Å². The van der Waals surface area contributed by atoms with Gasteiger partial charge in [-0.1, -0.05) is 23.7 Å². The fourth-order valence-corrected chi connectivity index (χ4v) is 2.82. The van der Waals surface area contributed by atoms with Gasteiger partial charge in [0.05, 0.1) is 0 Å². The molecule has 1 aliphatic rings. The molecule has 1 aromatic rings. The van der Waals surface area contributed by atoms with Crippen LogP contribution in [-0.2, 0) is 6.42 Å². The Morgan fingerprint density at radius 2 is 2.20 bits per heavy atom. The first-order valence-electron chi connectivity index (χ1n) is 5.53. The third-order valence-electron chi connectivity index (χ3n) is 3.11. The summed E-state index contributed by atoms with van der Waals surface area (Å²) in [6.07, 6.45) is 3.34. The molecular weight excluding hydrogens is 206 g/mol. The maximum atomic E-state index is 6.17. The van der Waals surface area contributed by atoms with Crippen LogP contribution in [0, 0.1) is 0 Å². The van der Waals surface area contributed by atoms with E-state index in [-0.39, 0.29) is 5.54 Å². The Hall–Kier alpha value is -0.530. The van der Waals surface area contributed by atoms with Crippen LogP contribution in [0.3, 0.4) is 0 Å². The van der Waals surface area contributed by atoms with Crippen LogP contribution in [0.15, 0.2) is 18.2 Å². The van der Waals surface area contributed by atoms with Crippen LogP contribution in [0.1, 0.15) is 43.7 Å². The normalized spacial score (nSPS) is 20.4. The fraction of sp³-hybridized carbons (Fsp3) is 0.538. The number of nitrogens with two attached hydrogens (primary N) is 1. The number of hydrogen-bond acceptors (Lipinski definition) is 1. The zero-order valence-corrected chi connectivity index (χ0v) is 10.1. The minimum atomic E-state index is -0.0887. The Labute approximate surface area is 96.6 Å². The summed E-state index contributed by atoms with van der Waals surface area (Å²) in [6.45, 7) is 4.19. The second kappa shape index (κ2) is 3.80. The van der Waals surface area contributed by atoms with Crippen molar-refractivity contribution in [1.29, 1.82) is 0 Å². The summed E-state index contributed by atoms with van der Waals surface area (Å²) in [6, 6.07) is 6.23. The first kappa shape index (κ1) is 11.0. The Kier molecular flexibility index (Phi) is 2.78. The molecule has 0 fully saturated rings. The Morgan fingerprint density at radius 1 is 1.47 bits per heavy atom. The summed E-state index contributed by atoms with van der Waals surface area (Å²) in [7, 11) is 0. The van der Waals surface area contributed by atoms with E-state index in [2.05, 4.69) is 19.9 Å². The third-order valence-corrected chi connectivity index (χ3v) is 3.46. The largest absolute Gasteiger partial charge is 0.326 e. The summed E-state index contributed by atoms with van der Waals surface area (Å²) in [5.74, 6) is 0.596. The second-order valence-corrected chi connectivity index (χ2v) is 5.64. The number of halogens is 1. The molecule has 0 saturated heterocycles. The topological polar surface area (TPSA) is 26.0 Å². The number of rotatable bonds is 2. The van der Waals surface area contributed by atoms with E-state index in [0.717, 1.165) is 17.9 Å². The van der Waals surface area contributed by atoms with Crippen LogP contribution in [-0.4, -0.2) is 5.54 Å². The molecule has 1 nitrogen and oxygen atoms in total. The van der Waals surface area contributed by atoms with E-state index in [1.54, 1.807) is 0 Å². The minimum Gasteiger partial charge on any atom is -0.326 e. The van der Waals surface area contributed by atoms with Crippen LogP contribution < -0.4 is 5.73 Å². The molecule has 15 heavy (non-hydrogen) atoms. The van der Waals surface area contributed by atoms with Gasteiger partial charge in [0.25, 0.3) is 0 Å². The van der Waals surface area contributed by atoms with E-state index in [0.29, 0.717) is 5.92 Å². The highest BCUT2D eigenvalue weighted by Crippen LogP contribution is 2.40. The highest BCUT2D eigenvalue weighted by molar-refractivity contribution is 6.31. The van der Waals surface area contributed by atoms with Gasteiger partial charge in [-0.05, 0) is 56.2 Å². The Bertz CT molecular complexity index is 365. The van der Waals surface area contributed by atoms with Gasteiger partial charge in [-0.2, -0.15) is 0 Å². The molecule has 2 N–H and O–H groups in total. The van der Waals surface area contributed by atoms with Gasteiger partial charge in [-0.3, -0.25) is 0 Å². The maximum Gasteiger partial charge on any atom is 0.0440 e. The fourth-order valence-electron chi connectivity index (χ4n) is 2.54. The van der Waals surface area contributed by atoms with E-state index in [4.69, 9.17) is 17.3 Å². The lowest BCUT2D eigenvalue weighted by molar-refractivity contribution is 0.422. The zero-order valence-electron chi connectivity index (χ0n) is 9.39. The first-order chi connectivity index (χ1) is 6.97. The molecule has 0 aromatic heterocycles. The molecule has 1 aliphatic carbocycles. The lowest BCUT2D eigenvalue weighted by atomic mass is 9.88. The molecule has 0 saturated carbocycles. The SMILES string of the molecule is CC(C)(N)CC1CCc2c(Cl)cccc21. The molecule has 2 heteroatoms. The third kappa shape index (κ3) is 2.35. The standard InChI is InChI=1S/C13H18ClN/c1-13(2,15)8-9-6-7-11-10(9)4-3-5-12(11)14/h3-5,9H,6-8,15H2,1-2H3. The summed E-state index contributed by atoms with van der Waals surface area (Å²) in [4.78, 5) is 0. The van der Waals surface area contributed by atoms with Crippen molar-refractivity contribution in [3.63, 3.8) is 0 Å². The number of hydrogen-bond donors (Lipinski definition) is 1. The highest BCUT2D eigenvalue weighted by atomic mass is 35.5. The van der Waals surface area contributed by atoms with Crippen molar-refractivity contribution < 1.29 is 0 Å². The molecule has 0 amide bonds. The van der Waals surface area contributed by atoms with Crippen LogP contribution in [0.25, 0.3) is 0 Å². The first-order valence-corrected chi connectivity index (χ1v) is 5.91. The van der Waals surface area contributed by atoms with Crippen molar-refractivity contribution in [2.45, 2.75) is 44.6 Å². The molecule has 1 atom stereocenters. The van der Waals surface area contributed by atoms with Gasteiger partial charge in [0.2, 0.25) is 0 Å². The van der Waals surface area contributed by atoms with E-state index in [1.165, 1.54) is 17.5 Å². The summed E-state index contributed by atoms with van der Waals surface area (Å²) in [5, 5.41) is 0.921. The van der Waals surface area contributed by atoms with Gasteiger partial charge in [0, 0.05) is 10.6 Å². The maximum absolute atomic E-state index is 6.17. The number of fused-ring (bicyclic) bond motifs is 1. The van der Waals surface area contributed by atoms with Crippen LogP contribution in [0.2, 0.25) is 5.02 Å². The summed E-state index contributed by atoms with van der Waals surface area (Å²) in [5.41, 5.74) is 8.75. The van der Waals surface area contributed by atoms with Crippen molar-refractivity contribution >= 4 is 11.6 Å². The molecule has 0 bridgehead atoms. The van der Waals surface area contributed by atoms with Gasteiger partial charge in [0.1, 0.15) is 0 Å². The lowest BCUT2D eigenvalue weighted by Gasteiger charge is -2.23. The van der Waals surface area contributed by atoms with E-state index in [9.17, 15) is 0 Å². The minimum absolute atomic E-state index is 0.0887. The summed E-state index contributed by atoms with van der Waals surface area (Å²) < 4.78 is 0. The van der Waals surface area contributed by atoms with Crippen molar-refractivity contribution in [3.05, 3.63) is 34.3 Å². The molecular formula is C13H18ClN. The smallest absolute Gasteiger partial charge is 0.0440 e. The Morgan fingerprint density at radius 3 is 2.87 bits per heavy atom. The summed E-state index contributed by atoms with van der Waals surface area (Å²) >= 11 is 6.17. The molecule has 2 rings (SSSR count). The molecule has 0 spiro atoms. The van der Waals surface area contributed by atoms with Crippen molar-refractivity contribution in [1.82, 2.24) is 0 Å². The van der Waals surface area contributed by atoms with Crippen molar-refractivity contribution in [2.75, 3.05) is 0 Å². The average Bonchev–Trinajstić information content (AvgIpc) is 2.48. The van der Waals surface area contributed by atoms with Gasteiger partial charge in [-0.25, -0.2) is 0 Å². The van der Waals surface area contributed by atoms with Crippen molar-refractivity contribution in [3.8, 4) is 0 Å². The van der Waals surface area contributed by atoms with E-state index in [1.807, 2.05) is 12.1 Å². The quantitative estimate of drug-likeness (QED) is 0.816. The lowest BCUT2D eigenvalue weighted by Crippen LogP contribution is -2.33. The second-order valence-electron chi connectivity index (χ2n) is 5.24. The van der Waals surface area contributed by atoms with Crippen molar-refractivity contribution in [2.24, 2.45) is 5.73 Å². The monoisotopic (exact) mass is 223 g/mol. The molecule has 0 radical (unpaired) electrons. The molecule has 1 unspecified atom stereocenters. The van der Waals surface area contributed by atoms with E-state index < -0.39 is 0 Å². The van der Waals surface area contributed by atoms with Gasteiger partial charge in [0.15, 0.2) is 0 Å². The molecule has 1 aromatic carbocycles. The molecule has 0 heterocycles. The molecule has 82 valence electrons. The zero-order chi connectivity index (χ0) is 11.1. The van der Waals surface area contributed by atoms with Gasteiger partial charge in [-0.15, -0.1) is 0 Å². The van der Waals surface area contributed by atoms with E-state index >= 15 is 0 Å². The predicted octanol–water partition coefficient (Wildman–Crippen LogP) is 3.50. The van der Waals surface area contributed by atoms with Crippen LogP contribution >= 0.6 is 11.6 Å². The average molecular weight is 224 g/mol. The Balaban J connectivity index is 2.26.